The van der Waals surface area contributed by atoms with Crippen LogP contribution in [-0.2, 0) is 4.74 Å². The van der Waals surface area contributed by atoms with Crippen LogP contribution in [0.4, 0.5) is 4.39 Å². The van der Waals surface area contributed by atoms with Gasteiger partial charge in [-0.25, -0.2) is 9.18 Å². The SMILES string of the molecule is CCOC(=O)c1ccc(Cl)c(C(C)=O)c1F. The third-order valence-corrected chi connectivity index (χ3v) is 2.25. The first-order valence-electron chi connectivity index (χ1n) is 4.65. The van der Waals surface area contributed by atoms with Crippen molar-refractivity contribution in [3.63, 3.8) is 0 Å². The van der Waals surface area contributed by atoms with E-state index in [0.717, 1.165) is 0 Å². The normalized spacial score (nSPS) is 10.0. The molecule has 0 radical (unpaired) electrons. The Hall–Kier alpha value is -1.42. The van der Waals surface area contributed by atoms with Gasteiger partial charge in [-0.2, -0.15) is 0 Å². The molecule has 86 valence electrons. The largest absolute Gasteiger partial charge is 0.462 e. The highest BCUT2D eigenvalue weighted by atomic mass is 35.5. The highest BCUT2D eigenvalue weighted by Gasteiger charge is 2.20. The van der Waals surface area contributed by atoms with Crippen molar-refractivity contribution in [1.29, 1.82) is 0 Å². The van der Waals surface area contributed by atoms with Gasteiger partial charge in [0.1, 0.15) is 5.82 Å². The number of hydrogen-bond donors (Lipinski definition) is 0. The lowest BCUT2D eigenvalue weighted by molar-refractivity contribution is 0.0521. The average molecular weight is 245 g/mol. The van der Waals surface area contributed by atoms with Crippen molar-refractivity contribution in [1.82, 2.24) is 0 Å². The van der Waals surface area contributed by atoms with Crippen LogP contribution in [0.5, 0.6) is 0 Å². The second-order valence-corrected chi connectivity index (χ2v) is 3.47. The molecule has 16 heavy (non-hydrogen) atoms. The Kier molecular flexibility index (Phi) is 4.01. The molecule has 0 atom stereocenters. The predicted octanol–water partition coefficient (Wildman–Crippen LogP) is 2.86. The Morgan fingerprint density at radius 2 is 2.06 bits per heavy atom. The third-order valence-electron chi connectivity index (χ3n) is 1.94. The summed E-state index contributed by atoms with van der Waals surface area (Å²) in [7, 11) is 0. The summed E-state index contributed by atoms with van der Waals surface area (Å²) < 4.78 is 18.4. The maximum atomic E-state index is 13.8. The third kappa shape index (κ3) is 2.39. The number of ketones is 1. The quantitative estimate of drug-likeness (QED) is 0.607. The Balaban J connectivity index is 3.29. The Morgan fingerprint density at radius 1 is 1.44 bits per heavy atom. The molecule has 0 fully saturated rings. The fraction of sp³-hybridized carbons (Fsp3) is 0.273. The number of ether oxygens (including phenoxy) is 1. The maximum Gasteiger partial charge on any atom is 0.341 e. The van der Waals surface area contributed by atoms with Gasteiger partial charge in [0.25, 0.3) is 0 Å². The highest BCUT2D eigenvalue weighted by molar-refractivity contribution is 6.34. The number of Topliss-reactive ketones (excluding diaryl/α,β-unsaturated/α-hetero) is 1. The maximum absolute atomic E-state index is 13.8. The van der Waals surface area contributed by atoms with E-state index in [0.29, 0.717) is 0 Å². The molecule has 0 amide bonds. The van der Waals surface area contributed by atoms with Crippen LogP contribution in [0.2, 0.25) is 5.02 Å². The van der Waals surface area contributed by atoms with Crippen molar-refractivity contribution in [2.45, 2.75) is 13.8 Å². The summed E-state index contributed by atoms with van der Waals surface area (Å²) in [5.41, 5.74) is -0.566. The highest BCUT2D eigenvalue weighted by Crippen LogP contribution is 2.23. The molecular formula is C11H10ClFO3. The van der Waals surface area contributed by atoms with Crippen LogP contribution < -0.4 is 0 Å². The fourth-order valence-electron chi connectivity index (χ4n) is 1.24. The molecule has 0 spiro atoms. The van der Waals surface area contributed by atoms with Crippen molar-refractivity contribution in [2.24, 2.45) is 0 Å². The standard InChI is InChI=1S/C11H10ClFO3/c1-3-16-11(15)7-4-5-8(12)9(6(2)14)10(7)13/h4-5H,3H2,1-2H3. The molecule has 0 aliphatic carbocycles. The van der Waals surface area contributed by atoms with Crippen molar-refractivity contribution < 1.29 is 18.7 Å². The molecule has 0 N–H and O–H groups in total. The molecule has 0 bridgehead atoms. The smallest absolute Gasteiger partial charge is 0.341 e. The number of esters is 1. The molecule has 0 heterocycles. The number of hydrogen-bond acceptors (Lipinski definition) is 3. The molecule has 1 aromatic carbocycles. The van der Waals surface area contributed by atoms with Crippen LogP contribution in [0.1, 0.15) is 34.6 Å². The van der Waals surface area contributed by atoms with Gasteiger partial charge < -0.3 is 4.74 Å². The summed E-state index contributed by atoms with van der Waals surface area (Å²) in [6.45, 7) is 2.92. The van der Waals surface area contributed by atoms with E-state index in [9.17, 15) is 14.0 Å². The number of carbonyl (C=O) groups is 2. The van der Waals surface area contributed by atoms with E-state index in [1.807, 2.05) is 0 Å². The number of rotatable bonds is 3. The molecule has 0 aliphatic heterocycles. The monoisotopic (exact) mass is 244 g/mol. The van der Waals surface area contributed by atoms with Crippen molar-refractivity contribution >= 4 is 23.4 Å². The second kappa shape index (κ2) is 5.07. The average Bonchev–Trinajstić information content (AvgIpc) is 2.17. The van der Waals surface area contributed by atoms with E-state index in [-0.39, 0.29) is 22.8 Å². The summed E-state index contributed by atoms with van der Waals surface area (Å²) in [5, 5.41) is -0.0157. The summed E-state index contributed by atoms with van der Waals surface area (Å²) in [6, 6.07) is 2.50. The topological polar surface area (TPSA) is 43.4 Å². The summed E-state index contributed by atoms with van der Waals surface area (Å²) in [4.78, 5) is 22.5. The summed E-state index contributed by atoms with van der Waals surface area (Å²) >= 11 is 5.67. The molecular weight excluding hydrogens is 235 g/mol. The minimum Gasteiger partial charge on any atom is -0.462 e. The van der Waals surface area contributed by atoms with Crippen LogP contribution in [0.25, 0.3) is 0 Å². The zero-order valence-electron chi connectivity index (χ0n) is 8.84. The predicted molar refractivity (Wildman–Crippen MR) is 57.4 cm³/mol. The lowest BCUT2D eigenvalue weighted by Gasteiger charge is -2.07. The van der Waals surface area contributed by atoms with Crippen molar-refractivity contribution in [3.8, 4) is 0 Å². The van der Waals surface area contributed by atoms with E-state index >= 15 is 0 Å². The molecule has 5 heteroatoms. The first-order valence-corrected chi connectivity index (χ1v) is 5.02. The van der Waals surface area contributed by atoms with E-state index in [2.05, 4.69) is 4.74 Å². The van der Waals surface area contributed by atoms with Gasteiger partial charge >= 0.3 is 5.97 Å². The van der Waals surface area contributed by atoms with Gasteiger partial charge in [0.2, 0.25) is 0 Å². The summed E-state index contributed by atoms with van der Waals surface area (Å²) in [5.74, 6) is -2.27. The molecule has 0 saturated heterocycles. The van der Waals surface area contributed by atoms with Gasteiger partial charge in [-0.3, -0.25) is 4.79 Å². The van der Waals surface area contributed by atoms with Gasteiger partial charge in [-0.15, -0.1) is 0 Å². The van der Waals surface area contributed by atoms with E-state index in [4.69, 9.17) is 11.6 Å². The zero-order chi connectivity index (χ0) is 12.3. The van der Waals surface area contributed by atoms with E-state index in [1.54, 1.807) is 6.92 Å². The molecule has 0 unspecified atom stereocenters. The van der Waals surface area contributed by atoms with E-state index < -0.39 is 17.6 Å². The number of halogens is 2. The van der Waals surface area contributed by atoms with E-state index in [1.165, 1.54) is 19.1 Å². The molecule has 0 saturated carbocycles. The van der Waals surface area contributed by atoms with Crippen LogP contribution in [0, 0.1) is 5.82 Å². The minimum atomic E-state index is -0.932. The Morgan fingerprint density at radius 3 is 2.56 bits per heavy atom. The van der Waals surface area contributed by atoms with Crippen LogP contribution in [0.15, 0.2) is 12.1 Å². The number of benzene rings is 1. The van der Waals surface area contributed by atoms with Crippen molar-refractivity contribution in [2.75, 3.05) is 6.61 Å². The van der Waals surface area contributed by atoms with Crippen LogP contribution in [-0.4, -0.2) is 18.4 Å². The van der Waals surface area contributed by atoms with Gasteiger partial charge in [-0.05, 0) is 26.0 Å². The second-order valence-electron chi connectivity index (χ2n) is 3.06. The van der Waals surface area contributed by atoms with Gasteiger partial charge in [-0.1, -0.05) is 11.6 Å². The Bertz CT molecular complexity index is 443. The van der Waals surface area contributed by atoms with Gasteiger partial charge in [0.05, 0.1) is 22.8 Å². The lowest BCUT2D eigenvalue weighted by Crippen LogP contribution is -2.10. The minimum absolute atomic E-state index is 0.0157. The van der Waals surface area contributed by atoms with Crippen LogP contribution >= 0.6 is 11.6 Å². The van der Waals surface area contributed by atoms with Crippen molar-refractivity contribution in [3.05, 3.63) is 34.1 Å². The molecule has 0 aromatic heterocycles. The first-order chi connectivity index (χ1) is 7.49. The molecule has 1 rings (SSSR count). The Labute approximate surface area is 97.2 Å². The van der Waals surface area contributed by atoms with Crippen LogP contribution in [0.3, 0.4) is 0 Å². The lowest BCUT2D eigenvalue weighted by atomic mass is 10.1. The van der Waals surface area contributed by atoms with Gasteiger partial charge in [0.15, 0.2) is 5.78 Å². The van der Waals surface area contributed by atoms with Gasteiger partial charge in [0, 0.05) is 0 Å². The molecule has 3 nitrogen and oxygen atoms in total. The zero-order valence-corrected chi connectivity index (χ0v) is 9.60. The molecule has 0 aliphatic rings. The molecule has 1 aromatic rings. The number of carbonyl (C=O) groups excluding carboxylic acids is 2. The first kappa shape index (κ1) is 12.6. The summed E-state index contributed by atoms with van der Waals surface area (Å²) in [6.07, 6.45) is 0. The fourth-order valence-corrected chi connectivity index (χ4v) is 1.52.